The fourth-order valence-corrected chi connectivity index (χ4v) is 1.88. The summed E-state index contributed by atoms with van der Waals surface area (Å²) in [6.07, 6.45) is 2.69. The van der Waals surface area contributed by atoms with Crippen LogP contribution in [-0.4, -0.2) is 22.7 Å². The Bertz CT molecular complexity index is 462. The van der Waals surface area contributed by atoms with Gasteiger partial charge in [0.2, 0.25) is 0 Å². The average molecular weight is 204 g/mol. The molecular formula is C12H16N2O. The van der Waals surface area contributed by atoms with E-state index in [9.17, 15) is 0 Å². The first kappa shape index (κ1) is 10.2. The Morgan fingerprint density at radius 1 is 1.47 bits per heavy atom. The van der Waals surface area contributed by atoms with E-state index in [0.717, 1.165) is 5.52 Å². The summed E-state index contributed by atoms with van der Waals surface area (Å²) in [5.74, 6) is 0. The first-order valence-electron chi connectivity index (χ1n) is 5.14. The van der Waals surface area contributed by atoms with Crippen molar-refractivity contribution in [2.75, 3.05) is 6.61 Å². The van der Waals surface area contributed by atoms with Gasteiger partial charge in [-0.2, -0.15) is 0 Å². The summed E-state index contributed by atoms with van der Waals surface area (Å²) in [5, 5.41) is 10.1. The van der Waals surface area contributed by atoms with E-state index < -0.39 is 0 Å². The molecule has 1 aromatic carbocycles. The maximum atomic E-state index is 8.93. The van der Waals surface area contributed by atoms with Gasteiger partial charge in [0.05, 0.1) is 6.61 Å². The van der Waals surface area contributed by atoms with E-state index >= 15 is 0 Å². The Hall–Kier alpha value is -1.32. The lowest BCUT2D eigenvalue weighted by Crippen LogP contribution is -2.26. The quantitative estimate of drug-likeness (QED) is 0.706. The minimum Gasteiger partial charge on any atom is -0.395 e. The number of benzene rings is 1. The molecule has 0 radical (unpaired) electrons. The second kappa shape index (κ2) is 4.04. The fourth-order valence-electron chi connectivity index (χ4n) is 1.88. The third-order valence-electron chi connectivity index (χ3n) is 2.73. The number of nitrogens with two attached hydrogens (primary N) is 1. The average Bonchev–Trinajstić information content (AvgIpc) is 2.63. The van der Waals surface area contributed by atoms with Crippen molar-refractivity contribution in [3.05, 3.63) is 35.5 Å². The molecule has 0 spiro atoms. The number of aliphatic hydroxyl groups excluding tert-OH is 1. The van der Waals surface area contributed by atoms with Crippen molar-refractivity contribution >= 4 is 10.9 Å². The molecule has 0 saturated carbocycles. The van der Waals surface area contributed by atoms with Gasteiger partial charge in [0.15, 0.2) is 0 Å². The van der Waals surface area contributed by atoms with Crippen molar-refractivity contribution in [3.63, 3.8) is 0 Å². The van der Waals surface area contributed by atoms with Crippen LogP contribution in [0.4, 0.5) is 0 Å². The first-order valence-corrected chi connectivity index (χ1v) is 5.14. The van der Waals surface area contributed by atoms with Crippen LogP contribution in [-0.2, 0) is 6.42 Å². The minimum atomic E-state index is -0.176. The van der Waals surface area contributed by atoms with Gasteiger partial charge in [-0.15, -0.1) is 0 Å². The molecule has 1 aromatic heterocycles. The zero-order chi connectivity index (χ0) is 10.8. The molecule has 0 bridgehead atoms. The van der Waals surface area contributed by atoms with Gasteiger partial charge in [0, 0.05) is 23.1 Å². The number of aromatic nitrogens is 1. The van der Waals surface area contributed by atoms with E-state index in [0.29, 0.717) is 6.42 Å². The second-order valence-electron chi connectivity index (χ2n) is 3.96. The number of fused-ring (bicyclic) bond motifs is 1. The van der Waals surface area contributed by atoms with Gasteiger partial charge in [-0.25, -0.2) is 0 Å². The van der Waals surface area contributed by atoms with Gasteiger partial charge in [-0.3, -0.25) is 0 Å². The molecule has 0 aliphatic carbocycles. The zero-order valence-electron chi connectivity index (χ0n) is 8.83. The number of aryl methyl sites for hydroxylation is 1. The summed E-state index contributed by atoms with van der Waals surface area (Å²) in [6, 6.07) is 6.02. The van der Waals surface area contributed by atoms with Gasteiger partial charge in [-0.05, 0) is 24.5 Å². The minimum absolute atomic E-state index is 0.0263. The highest BCUT2D eigenvalue weighted by atomic mass is 16.3. The molecule has 1 atom stereocenters. The summed E-state index contributed by atoms with van der Waals surface area (Å²) in [4.78, 5) is 3.25. The predicted molar refractivity (Wildman–Crippen MR) is 61.8 cm³/mol. The molecule has 0 fully saturated rings. The van der Waals surface area contributed by atoms with E-state index in [2.05, 4.69) is 24.0 Å². The molecule has 3 nitrogen and oxygen atoms in total. The van der Waals surface area contributed by atoms with E-state index in [4.69, 9.17) is 10.8 Å². The zero-order valence-corrected chi connectivity index (χ0v) is 8.83. The van der Waals surface area contributed by atoms with Gasteiger partial charge in [0.1, 0.15) is 0 Å². The van der Waals surface area contributed by atoms with Crippen molar-refractivity contribution < 1.29 is 5.11 Å². The molecule has 0 saturated heterocycles. The molecule has 3 heteroatoms. The van der Waals surface area contributed by atoms with Gasteiger partial charge >= 0.3 is 0 Å². The van der Waals surface area contributed by atoms with Crippen LogP contribution < -0.4 is 5.73 Å². The monoisotopic (exact) mass is 204 g/mol. The lowest BCUT2D eigenvalue weighted by molar-refractivity contribution is 0.265. The summed E-state index contributed by atoms with van der Waals surface area (Å²) in [7, 11) is 0. The number of H-pyrrole nitrogens is 1. The molecule has 2 rings (SSSR count). The third-order valence-corrected chi connectivity index (χ3v) is 2.73. The Morgan fingerprint density at radius 2 is 2.27 bits per heavy atom. The maximum Gasteiger partial charge on any atom is 0.0585 e. The molecule has 2 aromatic rings. The molecule has 0 amide bonds. The predicted octanol–water partition coefficient (Wildman–Crippen LogP) is 1.34. The van der Waals surface area contributed by atoms with Crippen LogP contribution in [0.25, 0.3) is 10.9 Å². The number of hydrogen-bond acceptors (Lipinski definition) is 2. The van der Waals surface area contributed by atoms with E-state index in [1.807, 2.05) is 12.3 Å². The lowest BCUT2D eigenvalue weighted by atomic mass is 10.0. The maximum absolute atomic E-state index is 8.93. The number of hydrogen-bond donors (Lipinski definition) is 3. The van der Waals surface area contributed by atoms with Crippen molar-refractivity contribution in [1.82, 2.24) is 4.98 Å². The van der Waals surface area contributed by atoms with Crippen molar-refractivity contribution in [1.29, 1.82) is 0 Å². The highest BCUT2D eigenvalue weighted by molar-refractivity contribution is 5.85. The van der Waals surface area contributed by atoms with E-state index in [1.165, 1.54) is 16.5 Å². The summed E-state index contributed by atoms with van der Waals surface area (Å²) >= 11 is 0. The number of nitrogens with one attached hydrogen (secondary N) is 1. The van der Waals surface area contributed by atoms with Crippen LogP contribution in [0.1, 0.15) is 11.1 Å². The standard InChI is InChI=1S/C12H16N2O/c1-8-3-2-4-11-9(5-10(13)7-15)6-14-12(8)11/h2-4,6,10,14-15H,5,7,13H2,1H3. The summed E-state index contributed by atoms with van der Waals surface area (Å²) in [5.41, 5.74) is 9.30. The molecule has 80 valence electrons. The van der Waals surface area contributed by atoms with Crippen LogP contribution in [0.2, 0.25) is 0 Å². The lowest BCUT2D eigenvalue weighted by Gasteiger charge is -2.06. The van der Waals surface area contributed by atoms with Gasteiger partial charge in [-0.1, -0.05) is 18.2 Å². The fraction of sp³-hybridized carbons (Fsp3) is 0.333. The van der Waals surface area contributed by atoms with Crippen LogP contribution in [0.5, 0.6) is 0 Å². The summed E-state index contributed by atoms with van der Waals surface area (Å²) in [6.45, 7) is 2.10. The van der Waals surface area contributed by atoms with Crippen LogP contribution in [0, 0.1) is 6.92 Å². The number of aromatic amines is 1. The highest BCUT2D eigenvalue weighted by Gasteiger charge is 2.08. The van der Waals surface area contributed by atoms with Gasteiger partial charge in [0.25, 0.3) is 0 Å². The topological polar surface area (TPSA) is 62.0 Å². The van der Waals surface area contributed by atoms with Crippen LogP contribution in [0.3, 0.4) is 0 Å². The Balaban J connectivity index is 2.41. The number of aliphatic hydroxyl groups is 1. The Labute approximate surface area is 88.9 Å². The van der Waals surface area contributed by atoms with Crippen molar-refractivity contribution in [2.24, 2.45) is 5.73 Å². The summed E-state index contributed by atoms with van der Waals surface area (Å²) < 4.78 is 0. The van der Waals surface area contributed by atoms with E-state index in [-0.39, 0.29) is 12.6 Å². The normalized spacial score (nSPS) is 13.3. The van der Waals surface area contributed by atoms with E-state index in [1.54, 1.807) is 0 Å². The molecule has 0 aliphatic rings. The van der Waals surface area contributed by atoms with Crippen molar-refractivity contribution in [3.8, 4) is 0 Å². The second-order valence-corrected chi connectivity index (χ2v) is 3.96. The van der Waals surface area contributed by atoms with Crippen LogP contribution >= 0.6 is 0 Å². The largest absolute Gasteiger partial charge is 0.395 e. The molecule has 4 N–H and O–H groups in total. The molecule has 1 unspecified atom stereocenters. The highest BCUT2D eigenvalue weighted by Crippen LogP contribution is 2.21. The molecule has 1 heterocycles. The SMILES string of the molecule is Cc1cccc2c(CC(N)CO)c[nH]c12. The van der Waals surface area contributed by atoms with Gasteiger partial charge < -0.3 is 15.8 Å². The first-order chi connectivity index (χ1) is 7.22. The molecule has 15 heavy (non-hydrogen) atoms. The van der Waals surface area contributed by atoms with Crippen LogP contribution in [0.15, 0.2) is 24.4 Å². The van der Waals surface area contributed by atoms with Crippen molar-refractivity contribution in [2.45, 2.75) is 19.4 Å². The Kier molecular flexibility index (Phi) is 2.75. The number of para-hydroxylation sites is 1. The third kappa shape index (κ3) is 1.89. The molecule has 0 aliphatic heterocycles. The smallest absolute Gasteiger partial charge is 0.0585 e. The Morgan fingerprint density at radius 3 is 3.00 bits per heavy atom. The molecular weight excluding hydrogens is 188 g/mol. The number of rotatable bonds is 3.